The molecule has 0 spiro atoms. The predicted molar refractivity (Wildman–Crippen MR) is 170 cm³/mol. The van der Waals surface area contributed by atoms with Crippen LogP contribution in [-0.4, -0.2) is 53.8 Å². The summed E-state index contributed by atoms with van der Waals surface area (Å²) >= 11 is 0. The van der Waals surface area contributed by atoms with E-state index in [1.807, 2.05) is 50.4 Å². The molecule has 2 aromatic carbocycles. The second-order valence-electron chi connectivity index (χ2n) is 11.2. The van der Waals surface area contributed by atoms with Gasteiger partial charge in [0.15, 0.2) is 23.0 Å². The van der Waals surface area contributed by atoms with Crippen LogP contribution in [-0.2, 0) is 22.6 Å². The maximum Gasteiger partial charge on any atom is 0.243 e. The minimum Gasteiger partial charge on any atom is -0.493 e. The van der Waals surface area contributed by atoms with Crippen LogP contribution < -0.4 is 35.6 Å². The second-order valence-corrected chi connectivity index (χ2v) is 11.2. The minimum atomic E-state index is -0.726. The van der Waals surface area contributed by atoms with Gasteiger partial charge in [-0.05, 0) is 65.8 Å². The maximum atomic E-state index is 13.8. The third-order valence-corrected chi connectivity index (χ3v) is 7.98. The number of carbonyl (C=O) groups is 2. The van der Waals surface area contributed by atoms with Crippen molar-refractivity contribution >= 4 is 23.1 Å². The third-order valence-electron chi connectivity index (χ3n) is 7.98. The summed E-state index contributed by atoms with van der Waals surface area (Å²) in [5, 5.41) is 17.5. The molecule has 2 amide bonds. The van der Waals surface area contributed by atoms with Gasteiger partial charge in [0.2, 0.25) is 23.0 Å². The van der Waals surface area contributed by atoms with Gasteiger partial charge in [-0.25, -0.2) is 0 Å². The van der Waals surface area contributed by atoms with Crippen molar-refractivity contribution in [1.82, 2.24) is 25.2 Å². The first-order valence-corrected chi connectivity index (χ1v) is 14.8. The third kappa shape index (κ3) is 6.26. The molecule has 12 heteroatoms. The fourth-order valence-electron chi connectivity index (χ4n) is 5.82. The van der Waals surface area contributed by atoms with Gasteiger partial charge in [0.05, 0.1) is 39.6 Å². The highest BCUT2D eigenvalue weighted by atomic mass is 16.5. The lowest BCUT2D eigenvalue weighted by Gasteiger charge is -2.22. The molecule has 236 valence electrons. The molecule has 12 nitrogen and oxygen atoms in total. The van der Waals surface area contributed by atoms with Gasteiger partial charge in [-0.15, -0.1) is 10.2 Å². The topological polar surface area (TPSA) is 145 Å². The van der Waals surface area contributed by atoms with E-state index < -0.39 is 12.1 Å². The molecule has 2 heterocycles. The molecule has 45 heavy (non-hydrogen) atoms. The molecule has 0 aliphatic heterocycles. The maximum absolute atomic E-state index is 13.8. The fraction of sp³-hybridized carbons (Fsp3) is 0.364. The monoisotopic (exact) mass is 614 g/mol. The summed E-state index contributed by atoms with van der Waals surface area (Å²) in [6, 6.07) is 11.3. The van der Waals surface area contributed by atoms with Gasteiger partial charge in [0, 0.05) is 18.7 Å². The van der Waals surface area contributed by atoms with Crippen LogP contribution in [0.4, 0.5) is 5.69 Å². The van der Waals surface area contributed by atoms with Crippen molar-refractivity contribution < 1.29 is 23.8 Å². The SMILES string of the molecule is COc1cc2c(c(OC)c1OC)-c1ccc(N[C@@H](C(=O)NCc3nnc4ccccn34)C(C)C)c(=O)cc1[C@H](NC(C)=O)CC2. The van der Waals surface area contributed by atoms with Gasteiger partial charge in [-0.2, -0.15) is 0 Å². The van der Waals surface area contributed by atoms with Crippen molar-refractivity contribution in [3.05, 3.63) is 75.8 Å². The van der Waals surface area contributed by atoms with Crippen LogP contribution in [0.15, 0.2) is 53.5 Å². The highest BCUT2D eigenvalue weighted by Gasteiger charge is 2.30. The lowest BCUT2D eigenvalue weighted by atomic mass is 9.95. The summed E-state index contributed by atoms with van der Waals surface area (Å²) < 4.78 is 18.9. The number of fused-ring (bicyclic) bond motifs is 4. The summed E-state index contributed by atoms with van der Waals surface area (Å²) in [6.45, 7) is 5.42. The molecule has 0 radical (unpaired) electrons. The van der Waals surface area contributed by atoms with Crippen molar-refractivity contribution in [2.75, 3.05) is 26.6 Å². The summed E-state index contributed by atoms with van der Waals surface area (Å²) in [4.78, 5) is 39.5. The normalized spacial score (nSPS) is 14.5. The number of nitrogens with one attached hydrogen (secondary N) is 3. The molecule has 0 saturated heterocycles. The summed E-state index contributed by atoms with van der Waals surface area (Å²) in [5.74, 6) is 1.33. The fourth-order valence-corrected chi connectivity index (χ4v) is 5.82. The van der Waals surface area contributed by atoms with Gasteiger partial charge < -0.3 is 30.2 Å². The number of rotatable bonds is 10. The van der Waals surface area contributed by atoms with Gasteiger partial charge in [-0.3, -0.25) is 18.8 Å². The number of anilines is 1. The molecule has 0 unspecified atom stereocenters. The number of amides is 2. The summed E-state index contributed by atoms with van der Waals surface area (Å²) in [6.07, 6.45) is 2.96. The molecule has 5 rings (SSSR count). The zero-order chi connectivity index (χ0) is 32.2. The van der Waals surface area contributed by atoms with Crippen LogP contribution in [0.5, 0.6) is 17.2 Å². The lowest BCUT2D eigenvalue weighted by molar-refractivity contribution is -0.123. The van der Waals surface area contributed by atoms with Crippen LogP contribution in [0.3, 0.4) is 0 Å². The van der Waals surface area contributed by atoms with E-state index in [-0.39, 0.29) is 35.4 Å². The van der Waals surface area contributed by atoms with E-state index in [1.54, 1.807) is 24.7 Å². The van der Waals surface area contributed by atoms with Crippen molar-refractivity contribution in [1.29, 1.82) is 0 Å². The molecule has 4 aromatic rings. The Hall–Kier alpha value is -5.13. The number of hydrogen-bond donors (Lipinski definition) is 3. The number of benzene rings is 1. The second kappa shape index (κ2) is 13.2. The van der Waals surface area contributed by atoms with E-state index in [0.29, 0.717) is 52.7 Å². The molecule has 2 aromatic heterocycles. The molecule has 0 bridgehead atoms. The minimum absolute atomic E-state index is 0.160. The predicted octanol–water partition coefficient (Wildman–Crippen LogP) is 3.66. The van der Waals surface area contributed by atoms with Crippen LogP contribution in [0.2, 0.25) is 0 Å². The number of pyridine rings is 1. The van der Waals surface area contributed by atoms with E-state index in [1.165, 1.54) is 20.1 Å². The van der Waals surface area contributed by atoms with Crippen molar-refractivity contribution in [3.8, 4) is 28.4 Å². The Kier molecular flexibility index (Phi) is 9.21. The van der Waals surface area contributed by atoms with Gasteiger partial charge >= 0.3 is 0 Å². The van der Waals surface area contributed by atoms with Crippen LogP contribution in [0.25, 0.3) is 16.8 Å². The number of carbonyl (C=O) groups excluding carboxylic acids is 2. The average Bonchev–Trinajstić information content (AvgIpc) is 3.30. The molecule has 0 fully saturated rings. The van der Waals surface area contributed by atoms with E-state index in [9.17, 15) is 14.4 Å². The smallest absolute Gasteiger partial charge is 0.243 e. The first-order chi connectivity index (χ1) is 21.7. The Bertz CT molecular complexity index is 1800. The van der Waals surface area contributed by atoms with Crippen LogP contribution in [0, 0.1) is 5.92 Å². The van der Waals surface area contributed by atoms with Gasteiger partial charge in [-0.1, -0.05) is 26.0 Å². The Labute approximate surface area is 261 Å². The van der Waals surface area contributed by atoms with Crippen LogP contribution in [0.1, 0.15) is 50.2 Å². The highest BCUT2D eigenvalue weighted by Crippen LogP contribution is 2.50. The largest absolute Gasteiger partial charge is 0.493 e. The zero-order valence-electron chi connectivity index (χ0n) is 26.3. The number of aryl methyl sites for hydroxylation is 1. The molecular weight excluding hydrogens is 576 g/mol. The molecule has 0 saturated carbocycles. The standard InChI is InChI=1S/C33H38N6O6/c1-18(2)30(33(42)34-17-28-38-37-27-9-7-8-14-39(27)28)36-24-13-11-21-22(16-25(24)41)23(35-19(3)40)12-10-20-15-26(43-4)31(44-5)32(45-6)29(20)21/h7-9,11,13-16,18,23,30H,10,12,17H2,1-6H3,(H,34,42)(H,35,40)(H,36,41)/t23-,30-/m1/s1. The van der Waals surface area contributed by atoms with Crippen LogP contribution >= 0.6 is 0 Å². The Morgan fingerprint density at radius 3 is 2.49 bits per heavy atom. The molecular formula is C33H38N6O6. The first kappa shape index (κ1) is 31.3. The Morgan fingerprint density at radius 2 is 1.80 bits per heavy atom. The van der Waals surface area contributed by atoms with E-state index >= 15 is 0 Å². The van der Waals surface area contributed by atoms with E-state index in [2.05, 4.69) is 26.1 Å². The van der Waals surface area contributed by atoms with Crippen molar-refractivity contribution in [3.63, 3.8) is 0 Å². The number of hydrogen-bond acceptors (Lipinski definition) is 9. The van der Waals surface area contributed by atoms with Crippen molar-refractivity contribution in [2.24, 2.45) is 5.92 Å². The number of nitrogens with zero attached hydrogens (tertiary/aromatic N) is 3. The van der Waals surface area contributed by atoms with Gasteiger partial charge in [0.25, 0.3) is 0 Å². The molecule has 1 aliphatic rings. The molecule has 3 N–H and O–H groups in total. The quantitative estimate of drug-likeness (QED) is 0.244. The summed E-state index contributed by atoms with van der Waals surface area (Å²) in [7, 11) is 4.65. The van der Waals surface area contributed by atoms with Crippen molar-refractivity contribution in [2.45, 2.75) is 52.2 Å². The highest BCUT2D eigenvalue weighted by molar-refractivity contribution is 5.86. The molecule has 2 atom stereocenters. The van der Waals surface area contributed by atoms with E-state index in [0.717, 1.165) is 11.1 Å². The zero-order valence-corrected chi connectivity index (χ0v) is 26.3. The summed E-state index contributed by atoms with van der Waals surface area (Å²) in [5.41, 5.74) is 3.61. The number of methoxy groups -OCH3 is 3. The lowest BCUT2D eigenvalue weighted by Crippen LogP contribution is -2.43. The Morgan fingerprint density at radius 1 is 1.02 bits per heavy atom. The first-order valence-electron chi connectivity index (χ1n) is 14.8. The number of ether oxygens (including phenoxy) is 3. The van der Waals surface area contributed by atoms with E-state index in [4.69, 9.17) is 14.2 Å². The molecule has 1 aliphatic carbocycles. The Balaban J connectivity index is 1.54. The average molecular weight is 615 g/mol. The van der Waals surface area contributed by atoms with Gasteiger partial charge in [0.1, 0.15) is 6.04 Å². The number of aromatic nitrogens is 3.